The molecule has 1 aromatic rings. The zero-order valence-electron chi connectivity index (χ0n) is 16.2. The first kappa shape index (κ1) is 20.9. The van der Waals surface area contributed by atoms with Crippen LogP contribution < -0.4 is 0 Å². The van der Waals surface area contributed by atoms with E-state index < -0.39 is 0 Å². The molecule has 0 radical (unpaired) electrons. The number of carbonyl (C=O) groups excluding carboxylic acids is 1. The highest BCUT2D eigenvalue weighted by atomic mass is 32.2. The van der Waals surface area contributed by atoms with Gasteiger partial charge in [0.05, 0.1) is 6.61 Å². The number of carbonyl (C=O) groups is 1. The lowest BCUT2D eigenvalue weighted by Crippen LogP contribution is -2.17. The van der Waals surface area contributed by atoms with E-state index in [0.717, 1.165) is 28.2 Å². The molecule has 1 rings (SSSR count). The minimum atomic E-state index is -0.130. The summed E-state index contributed by atoms with van der Waals surface area (Å²) in [4.78, 5) is 12.6. The number of benzene rings is 1. The van der Waals surface area contributed by atoms with Crippen LogP contribution in [-0.4, -0.2) is 23.4 Å². The number of phenolic OH excluding ortho intramolecular Hbond substituents is 1. The van der Waals surface area contributed by atoms with Crippen LogP contribution in [0.5, 0.6) is 5.75 Å². The van der Waals surface area contributed by atoms with E-state index in [2.05, 4.69) is 53.7 Å². The molecule has 24 heavy (non-hydrogen) atoms. The number of phenols is 1. The van der Waals surface area contributed by atoms with E-state index >= 15 is 0 Å². The standard InChI is InChI=1S/C20H32O3S/c1-8-23-17(21)10-9-11-24-14-12-15(19(2,3)4)18(22)16(13-14)20(5,6)7/h12-13,22H,8-11H2,1-7H3. The lowest BCUT2D eigenvalue weighted by atomic mass is 9.79. The van der Waals surface area contributed by atoms with Crippen LogP contribution in [0.3, 0.4) is 0 Å². The molecule has 0 atom stereocenters. The Labute approximate surface area is 151 Å². The molecule has 3 nitrogen and oxygen atoms in total. The Kier molecular flexibility index (Phi) is 7.21. The number of hydrogen-bond donors (Lipinski definition) is 1. The number of aromatic hydroxyl groups is 1. The van der Waals surface area contributed by atoms with Gasteiger partial charge in [0.15, 0.2) is 0 Å². The maximum Gasteiger partial charge on any atom is 0.305 e. The zero-order chi connectivity index (χ0) is 18.5. The quantitative estimate of drug-likeness (QED) is 0.422. The summed E-state index contributed by atoms with van der Waals surface area (Å²) in [6.45, 7) is 15.0. The van der Waals surface area contributed by atoms with Gasteiger partial charge in [-0.25, -0.2) is 0 Å². The van der Waals surface area contributed by atoms with Crippen molar-refractivity contribution in [2.45, 2.75) is 77.0 Å². The lowest BCUT2D eigenvalue weighted by molar-refractivity contribution is -0.143. The van der Waals surface area contributed by atoms with E-state index in [1.54, 1.807) is 11.8 Å². The first-order valence-corrected chi connectivity index (χ1v) is 9.61. The second-order valence-corrected chi connectivity index (χ2v) is 9.29. The van der Waals surface area contributed by atoms with Crippen molar-refractivity contribution in [3.63, 3.8) is 0 Å². The summed E-state index contributed by atoms with van der Waals surface area (Å²) in [6, 6.07) is 4.17. The van der Waals surface area contributed by atoms with Crippen molar-refractivity contribution in [3.8, 4) is 5.75 Å². The molecule has 0 aliphatic heterocycles. The Morgan fingerprint density at radius 2 is 1.58 bits per heavy atom. The van der Waals surface area contributed by atoms with Crippen molar-refractivity contribution >= 4 is 17.7 Å². The van der Waals surface area contributed by atoms with Crippen LogP contribution in [0, 0.1) is 0 Å². The SMILES string of the molecule is CCOC(=O)CCCSc1cc(C(C)(C)C)c(O)c(C(C)(C)C)c1. The fourth-order valence-electron chi connectivity index (χ4n) is 2.47. The molecular weight excluding hydrogens is 320 g/mol. The molecule has 0 spiro atoms. The Hall–Kier alpha value is -1.16. The van der Waals surface area contributed by atoms with Gasteiger partial charge < -0.3 is 9.84 Å². The first-order chi connectivity index (χ1) is 11.0. The summed E-state index contributed by atoms with van der Waals surface area (Å²) in [6.07, 6.45) is 1.25. The molecule has 0 amide bonds. The first-order valence-electron chi connectivity index (χ1n) is 8.63. The van der Waals surface area contributed by atoms with Gasteiger partial charge >= 0.3 is 5.97 Å². The van der Waals surface area contributed by atoms with Crippen LogP contribution in [0.4, 0.5) is 0 Å². The molecule has 0 heterocycles. The Bertz CT molecular complexity index is 530. The van der Waals surface area contributed by atoms with Crippen molar-refractivity contribution < 1.29 is 14.6 Å². The number of hydrogen-bond acceptors (Lipinski definition) is 4. The number of rotatable bonds is 6. The molecule has 0 bridgehead atoms. The highest BCUT2D eigenvalue weighted by Gasteiger charge is 2.26. The fourth-order valence-corrected chi connectivity index (χ4v) is 3.40. The smallest absolute Gasteiger partial charge is 0.305 e. The van der Waals surface area contributed by atoms with Gasteiger partial charge in [-0.05, 0) is 42.1 Å². The molecule has 0 saturated heterocycles. The average Bonchev–Trinajstić information content (AvgIpc) is 2.42. The second kappa shape index (κ2) is 8.28. The monoisotopic (exact) mass is 352 g/mol. The Morgan fingerprint density at radius 3 is 2.00 bits per heavy atom. The third-order valence-corrected chi connectivity index (χ3v) is 4.86. The second-order valence-electron chi connectivity index (χ2n) is 8.12. The number of ether oxygens (including phenoxy) is 1. The van der Waals surface area contributed by atoms with Gasteiger partial charge in [0, 0.05) is 22.4 Å². The summed E-state index contributed by atoms with van der Waals surface area (Å²) >= 11 is 1.73. The molecule has 1 aromatic carbocycles. The largest absolute Gasteiger partial charge is 0.507 e. The maximum atomic E-state index is 11.4. The minimum Gasteiger partial charge on any atom is -0.507 e. The van der Waals surface area contributed by atoms with E-state index in [1.807, 2.05) is 6.92 Å². The van der Waals surface area contributed by atoms with Gasteiger partial charge in [-0.2, -0.15) is 0 Å². The number of esters is 1. The fraction of sp³-hybridized carbons (Fsp3) is 0.650. The van der Waals surface area contributed by atoms with E-state index in [9.17, 15) is 9.90 Å². The van der Waals surface area contributed by atoms with Gasteiger partial charge in [-0.15, -0.1) is 11.8 Å². The van der Waals surface area contributed by atoms with Crippen LogP contribution in [0.25, 0.3) is 0 Å². The summed E-state index contributed by atoms with van der Waals surface area (Å²) in [5, 5.41) is 10.7. The van der Waals surface area contributed by atoms with Gasteiger partial charge in [-0.3, -0.25) is 4.79 Å². The van der Waals surface area contributed by atoms with E-state index in [4.69, 9.17) is 4.74 Å². The minimum absolute atomic E-state index is 0.119. The van der Waals surface area contributed by atoms with E-state index in [-0.39, 0.29) is 16.8 Å². The summed E-state index contributed by atoms with van der Waals surface area (Å²) in [5.41, 5.74) is 1.71. The highest BCUT2D eigenvalue weighted by molar-refractivity contribution is 7.99. The highest BCUT2D eigenvalue weighted by Crippen LogP contribution is 2.41. The summed E-state index contributed by atoms with van der Waals surface area (Å²) in [5.74, 6) is 1.14. The molecular formula is C20H32O3S. The van der Waals surface area contributed by atoms with Crippen LogP contribution in [0.2, 0.25) is 0 Å². The zero-order valence-corrected chi connectivity index (χ0v) is 17.0. The van der Waals surface area contributed by atoms with Crippen molar-refractivity contribution in [1.29, 1.82) is 0 Å². The molecule has 136 valence electrons. The van der Waals surface area contributed by atoms with Crippen molar-refractivity contribution in [2.24, 2.45) is 0 Å². The normalized spacial score (nSPS) is 12.3. The van der Waals surface area contributed by atoms with Gasteiger partial charge in [0.2, 0.25) is 0 Å². The Morgan fingerprint density at radius 1 is 1.08 bits per heavy atom. The van der Waals surface area contributed by atoms with Crippen molar-refractivity contribution in [1.82, 2.24) is 0 Å². The molecule has 0 aromatic heterocycles. The van der Waals surface area contributed by atoms with Crippen LogP contribution in [-0.2, 0) is 20.4 Å². The summed E-state index contributed by atoms with van der Waals surface area (Å²) < 4.78 is 4.96. The number of thioether (sulfide) groups is 1. The van der Waals surface area contributed by atoms with Gasteiger partial charge in [-0.1, -0.05) is 41.5 Å². The molecule has 0 aliphatic carbocycles. The molecule has 0 saturated carbocycles. The molecule has 0 fully saturated rings. The maximum absolute atomic E-state index is 11.4. The van der Waals surface area contributed by atoms with Crippen LogP contribution >= 0.6 is 11.8 Å². The topological polar surface area (TPSA) is 46.5 Å². The summed E-state index contributed by atoms with van der Waals surface area (Å²) in [7, 11) is 0. The third kappa shape index (κ3) is 6.04. The third-order valence-electron chi connectivity index (χ3n) is 3.80. The van der Waals surface area contributed by atoms with Crippen LogP contribution in [0.1, 0.15) is 72.4 Å². The van der Waals surface area contributed by atoms with Crippen LogP contribution in [0.15, 0.2) is 17.0 Å². The van der Waals surface area contributed by atoms with Crippen molar-refractivity contribution in [2.75, 3.05) is 12.4 Å². The average molecular weight is 353 g/mol. The lowest BCUT2D eigenvalue weighted by Gasteiger charge is -2.28. The molecule has 4 heteroatoms. The predicted octanol–water partition coefficient (Wildman–Crippen LogP) is 5.42. The Balaban J connectivity index is 2.93. The molecule has 0 unspecified atom stereocenters. The van der Waals surface area contributed by atoms with E-state index in [1.165, 1.54) is 0 Å². The van der Waals surface area contributed by atoms with Crippen molar-refractivity contribution in [3.05, 3.63) is 23.3 Å². The van der Waals surface area contributed by atoms with Gasteiger partial charge in [0.1, 0.15) is 5.75 Å². The molecule has 0 aliphatic rings. The van der Waals surface area contributed by atoms with Gasteiger partial charge in [0.25, 0.3) is 0 Å². The predicted molar refractivity (Wildman–Crippen MR) is 102 cm³/mol. The van der Waals surface area contributed by atoms with E-state index in [0.29, 0.717) is 18.8 Å². The molecule has 1 N–H and O–H groups in total.